The van der Waals surface area contributed by atoms with Crippen LogP contribution in [0, 0.1) is 5.92 Å². The molecule has 0 spiro atoms. The molecule has 3 N–H and O–H groups in total. The molecule has 1 aromatic carbocycles. The highest BCUT2D eigenvalue weighted by Gasteiger charge is 2.31. The summed E-state index contributed by atoms with van der Waals surface area (Å²) < 4.78 is 43.7. The van der Waals surface area contributed by atoms with E-state index in [1.807, 2.05) is 20.8 Å². The van der Waals surface area contributed by atoms with E-state index in [0.29, 0.717) is 25.0 Å². The Kier molecular flexibility index (Phi) is 5.33. The number of H-pyrrole nitrogens is 1. The topological polar surface area (TPSA) is 91.4 Å². The van der Waals surface area contributed by atoms with Crippen molar-refractivity contribution in [2.24, 2.45) is 10.9 Å². The number of carbonyl (C=O) groups excluding carboxylic acids is 1. The minimum Gasteiger partial charge on any atom is -0.381 e. The predicted octanol–water partition coefficient (Wildman–Crippen LogP) is 3.30. The molecular formula is C18H22F3N5O2. The number of nitrogens with zero attached hydrogens (tertiary/aromatic N) is 2. The Hall–Kier alpha value is -2.62. The number of hydrogen-bond acceptors (Lipinski definition) is 4. The van der Waals surface area contributed by atoms with Crippen LogP contribution in [0.15, 0.2) is 23.2 Å². The molecule has 0 unspecified atom stereocenters. The van der Waals surface area contributed by atoms with Gasteiger partial charge >= 0.3 is 6.18 Å². The summed E-state index contributed by atoms with van der Waals surface area (Å²) in [6, 6.07) is 3.30. The lowest BCUT2D eigenvalue weighted by Crippen LogP contribution is -2.41. The summed E-state index contributed by atoms with van der Waals surface area (Å²) in [6.07, 6.45) is -4.13. The van der Waals surface area contributed by atoms with E-state index in [1.54, 1.807) is 0 Å². The van der Waals surface area contributed by atoms with Crippen molar-refractivity contribution >= 4 is 28.6 Å². The van der Waals surface area contributed by atoms with Gasteiger partial charge in [0.05, 0.1) is 29.8 Å². The minimum atomic E-state index is -4.44. The lowest BCUT2D eigenvalue weighted by atomic mass is 10.0. The fraction of sp³-hybridized carbons (Fsp3) is 0.500. The Morgan fingerprint density at radius 1 is 1.32 bits per heavy atom. The molecule has 0 atom stereocenters. The first-order chi connectivity index (χ1) is 13.0. The Morgan fingerprint density at radius 3 is 2.61 bits per heavy atom. The summed E-state index contributed by atoms with van der Waals surface area (Å²) >= 11 is 0. The molecule has 1 aromatic heterocycles. The van der Waals surface area contributed by atoms with Gasteiger partial charge in [0, 0.05) is 17.7 Å². The number of carbonyl (C=O) groups is 1. The number of ether oxygens (including phenoxy) is 1. The molecule has 0 aliphatic carbocycles. The second-order valence-corrected chi connectivity index (χ2v) is 7.74. The second kappa shape index (κ2) is 7.42. The SMILES string of the molecule is CC(C)(C)N=C(NC(=O)CC1COC1)Nc1n[nH]c2cc(C(F)(F)F)ccc12. The Balaban J connectivity index is 1.81. The molecule has 2 heterocycles. The van der Waals surface area contributed by atoms with E-state index in [0.717, 1.165) is 12.1 Å². The maximum Gasteiger partial charge on any atom is 0.416 e. The van der Waals surface area contributed by atoms with E-state index in [2.05, 4.69) is 25.8 Å². The Bertz CT molecular complexity index is 895. The molecule has 0 saturated carbocycles. The van der Waals surface area contributed by atoms with E-state index in [9.17, 15) is 18.0 Å². The van der Waals surface area contributed by atoms with E-state index in [4.69, 9.17) is 4.74 Å². The monoisotopic (exact) mass is 397 g/mol. The van der Waals surface area contributed by atoms with Crippen molar-refractivity contribution in [3.8, 4) is 0 Å². The lowest BCUT2D eigenvalue weighted by Gasteiger charge is -2.25. The van der Waals surface area contributed by atoms with E-state index < -0.39 is 17.3 Å². The molecular weight excluding hydrogens is 375 g/mol. The standard InChI is InChI=1S/C18H22F3N5O2/c1-17(2,3)24-16(22-14(27)6-10-8-28-9-10)23-15-12-5-4-11(18(19,20)21)7-13(12)25-26-15/h4-5,7,10H,6,8-9H2,1-3H3,(H3,22,23,24,25,26,27). The second-order valence-electron chi connectivity index (χ2n) is 7.74. The summed E-state index contributed by atoms with van der Waals surface area (Å²) in [7, 11) is 0. The number of nitrogens with one attached hydrogen (secondary N) is 3. The largest absolute Gasteiger partial charge is 0.416 e. The zero-order chi connectivity index (χ0) is 20.5. The average Bonchev–Trinajstić information content (AvgIpc) is 2.91. The summed E-state index contributed by atoms with van der Waals surface area (Å²) in [4.78, 5) is 16.7. The van der Waals surface area contributed by atoms with Gasteiger partial charge in [-0.15, -0.1) is 0 Å². The number of fused-ring (bicyclic) bond motifs is 1. The number of alkyl halides is 3. The van der Waals surface area contributed by atoms with Crippen LogP contribution < -0.4 is 10.6 Å². The fourth-order valence-electron chi connectivity index (χ4n) is 2.67. The van der Waals surface area contributed by atoms with E-state index >= 15 is 0 Å². The van der Waals surface area contributed by atoms with Crippen LogP contribution in [0.5, 0.6) is 0 Å². The van der Waals surface area contributed by atoms with Gasteiger partial charge in [-0.3, -0.25) is 15.2 Å². The number of aromatic amines is 1. The molecule has 1 fully saturated rings. The normalized spacial score (nSPS) is 16.1. The molecule has 7 nitrogen and oxygen atoms in total. The van der Waals surface area contributed by atoms with Crippen LogP contribution in [0.3, 0.4) is 0 Å². The Morgan fingerprint density at radius 2 is 2.04 bits per heavy atom. The first kappa shape index (κ1) is 20.1. The fourth-order valence-corrected chi connectivity index (χ4v) is 2.67. The van der Waals surface area contributed by atoms with Gasteiger partial charge < -0.3 is 10.1 Å². The molecule has 0 bridgehead atoms. The van der Waals surface area contributed by atoms with Crippen molar-refractivity contribution in [3.63, 3.8) is 0 Å². The molecule has 1 aliphatic rings. The summed E-state index contributed by atoms with van der Waals surface area (Å²) in [6.45, 7) is 6.69. The third-order valence-corrected chi connectivity index (χ3v) is 4.01. The predicted molar refractivity (Wildman–Crippen MR) is 99.0 cm³/mol. The van der Waals surface area contributed by atoms with Crippen molar-refractivity contribution in [2.75, 3.05) is 18.5 Å². The molecule has 3 rings (SSSR count). The molecule has 0 radical (unpaired) electrons. The van der Waals surface area contributed by atoms with Gasteiger partial charge in [0.2, 0.25) is 11.9 Å². The number of rotatable bonds is 3. The van der Waals surface area contributed by atoms with Crippen molar-refractivity contribution < 1.29 is 22.7 Å². The summed E-state index contributed by atoms with van der Waals surface area (Å²) in [5.74, 6) is 0.427. The van der Waals surface area contributed by atoms with Crippen LogP contribution in [0.1, 0.15) is 32.8 Å². The van der Waals surface area contributed by atoms with Crippen LogP contribution in [-0.4, -0.2) is 40.8 Å². The third-order valence-electron chi connectivity index (χ3n) is 4.01. The first-order valence-electron chi connectivity index (χ1n) is 8.81. The average molecular weight is 397 g/mol. The number of hydrogen-bond donors (Lipinski definition) is 3. The Labute approximate surface area is 159 Å². The number of anilines is 1. The van der Waals surface area contributed by atoms with Crippen molar-refractivity contribution in [1.82, 2.24) is 15.5 Å². The maximum absolute atomic E-state index is 12.9. The van der Waals surface area contributed by atoms with Gasteiger partial charge in [-0.1, -0.05) is 0 Å². The minimum absolute atomic E-state index is 0.183. The maximum atomic E-state index is 12.9. The summed E-state index contributed by atoms with van der Waals surface area (Å²) in [5.41, 5.74) is -1.04. The van der Waals surface area contributed by atoms with Gasteiger partial charge in [0.1, 0.15) is 0 Å². The molecule has 1 aliphatic heterocycles. The lowest BCUT2D eigenvalue weighted by molar-refractivity contribution is -0.137. The first-order valence-corrected chi connectivity index (χ1v) is 8.81. The summed E-state index contributed by atoms with van der Waals surface area (Å²) in [5, 5.41) is 12.7. The van der Waals surface area contributed by atoms with Crippen LogP contribution in [0.2, 0.25) is 0 Å². The molecule has 1 saturated heterocycles. The molecule has 10 heteroatoms. The third kappa shape index (κ3) is 5.00. The quantitative estimate of drug-likeness (QED) is 0.547. The van der Waals surface area contributed by atoms with Crippen molar-refractivity contribution in [1.29, 1.82) is 0 Å². The molecule has 2 aromatic rings. The number of benzene rings is 1. The highest BCUT2D eigenvalue weighted by molar-refractivity contribution is 6.07. The number of aromatic nitrogens is 2. The van der Waals surface area contributed by atoms with Gasteiger partial charge in [0.15, 0.2) is 5.82 Å². The number of guanidine groups is 1. The van der Waals surface area contributed by atoms with Crippen LogP contribution in [-0.2, 0) is 15.7 Å². The highest BCUT2D eigenvalue weighted by Crippen LogP contribution is 2.32. The van der Waals surface area contributed by atoms with Gasteiger partial charge in [-0.05, 0) is 39.0 Å². The van der Waals surface area contributed by atoms with Crippen LogP contribution in [0.25, 0.3) is 10.9 Å². The van der Waals surface area contributed by atoms with E-state index in [-0.39, 0.29) is 29.1 Å². The molecule has 28 heavy (non-hydrogen) atoms. The van der Waals surface area contributed by atoms with Crippen LogP contribution in [0.4, 0.5) is 19.0 Å². The van der Waals surface area contributed by atoms with Gasteiger partial charge in [-0.2, -0.15) is 18.3 Å². The van der Waals surface area contributed by atoms with Gasteiger partial charge in [-0.25, -0.2) is 4.99 Å². The zero-order valence-electron chi connectivity index (χ0n) is 15.8. The van der Waals surface area contributed by atoms with Crippen molar-refractivity contribution in [3.05, 3.63) is 23.8 Å². The highest BCUT2D eigenvalue weighted by atomic mass is 19.4. The molecule has 1 amide bonds. The van der Waals surface area contributed by atoms with E-state index in [1.165, 1.54) is 6.07 Å². The number of amides is 1. The van der Waals surface area contributed by atoms with Gasteiger partial charge in [0.25, 0.3) is 0 Å². The number of aliphatic imine (C=N–C) groups is 1. The molecule has 152 valence electrons. The van der Waals surface area contributed by atoms with Crippen LogP contribution >= 0.6 is 0 Å². The smallest absolute Gasteiger partial charge is 0.381 e. The zero-order valence-corrected chi connectivity index (χ0v) is 15.8. The number of halogens is 3. The van der Waals surface area contributed by atoms with Crippen molar-refractivity contribution in [2.45, 2.75) is 38.9 Å².